The average Bonchev–Trinajstić information content (AvgIpc) is 2.50. The van der Waals surface area contributed by atoms with Crippen molar-refractivity contribution in [3.8, 4) is 0 Å². The molecule has 0 aliphatic carbocycles. The van der Waals surface area contributed by atoms with Crippen LogP contribution in [-0.4, -0.2) is 55.0 Å². The van der Waals surface area contributed by atoms with Crippen molar-refractivity contribution in [3.63, 3.8) is 0 Å². The average molecular weight is 289 g/mol. The molecule has 0 saturated carbocycles. The van der Waals surface area contributed by atoms with Crippen LogP contribution in [-0.2, 0) is 0 Å². The summed E-state index contributed by atoms with van der Waals surface area (Å²) in [4.78, 5) is 16.9. The van der Waals surface area contributed by atoms with Gasteiger partial charge in [0.15, 0.2) is 0 Å². The van der Waals surface area contributed by atoms with Crippen molar-refractivity contribution in [1.29, 1.82) is 0 Å². The molecule has 0 atom stereocenters. The van der Waals surface area contributed by atoms with Crippen LogP contribution < -0.4 is 5.73 Å². The predicted octanol–water partition coefficient (Wildman–Crippen LogP) is 1.80. The molecule has 2 rings (SSSR count). The van der Waals surface area contributed by atoms with E-state index in [0.29, 0.717) is 0 Å². The van der Waals surface area contributed by atoms with E-state index in [4.69, 9.17) is 5.73 Å². The van der Waals surface area contributed by atoms with Crippen LogP contribution in [0, 0.1) is 13.8 Å². The smallest absolute Gasteiger partial charge is 0.253 e. The van der Waals surface area contributed by atoms with Crippen LogP contribution in [0.5, 0.6) is 0 Å². The van der Waals surface area contributed by atoms with Gasteiger partial charge < -0.3 is 10.6 Å². The summed E-state index contributed by atoms with van der Waals surface area (Å²) in [7, 11) is 0. The monoisotopic (exact) mass is 289 g/mol. The number of rotatable bonds is 5. The van der Waals surface area contributed by atoms with E-state index in [1.807, 2.05) is 23.1 Å². The summed E-state index contributed by atoms with van der Waals surface area (Å²) in [6.07, 6.45) is 2.24. The van der Waals surface area contributed by atoms with Gasteiger partial charge in [-0.25, -0.2) is 0 Å². The predicted molar refractivity (Wildman–Crippen MR) is 86.5 cm³/mol. The Bertz CT molecular complexity index is 479. The molecule has 1 amide bonds. The van der Waals surface area contributed by atoms with Crippen molar-refractivity contribution >= 4 is 5.91 Å². The number of piperazine rings is 1. The zero-order valence-electron chi connectivity index (χ0n) is 13.3. The molecular formula is C17H27N3O. The molecule has 0 aromatic heterocycles. The van der Waals surface area contributed by atoms with Gasteiger partial charge in [-0.05, 0) is 63.0 Å². The second-order valence-electron chi connectivity index (χ2n) is 5.93. The molecule has 4 heteroatoms. The number of aryl methyl sites for hydroxylation is 2. The molecule has 1 saturated heterocycles. The van der Waals surface area contributed by atoms with Crippen molar-refractivity contribution in [2.45, 2.75) is 26.7 Å². The molecule has 1 fully saturated rings. The van der Waals surface area contributed by atoms with Crippen LogP contribution in [0.3, 0.4) is 0 Å². The molecule has 1 aliphatic rings. The van der Waals surface area contributed by atoms with E-state index in [2.05, 4.69) is 18.7 Å². The van der Waals surface area contributed by atoms with Gasteiger partial charge in [-0.1, -0.05) is 6.07 Å². The van der Waals surface area contributed by atoms with E-state index in [0.717, 1.165) is 57.7 Å². The van der Waals surface area contributed by atoms with Gasteiger partial charge in [0.05, 0.1) is 0 Å². The molecule has 4 nitrogen and oxygen atoms in total. The standard InChI is InChI=1S/C17H27N3O/c1-14-5-6-16(13-15(14)2)17(21)20-11-9-19(10-12-20)8-4-3-7-18/h5-6,13H,3-4,7-12,18H2,1-2H3. The Morgan fingerprint density at radius 2 is 1.81 bits per heavy atom. The van der Waals surface area contributed by atoms with Crippen LogP contribution in [0.15, 0.2) is 18.2 Å². The minimum atomic E-state index is 0.166. The van der Waals surface area contributed by atoms with Gasteiger partial charge in [0, 0.05) is 31.7 Å². The number of amides is 1. The van der Waals surface area contributed by atoms with E-state index in [9.17, 15) is 4.79 Å². The van der Waals surface area contributed by atoms with Crippen molar-refractivity contribution in [2.75, 3.05) is 39.3 Å². The van der Waals surface area contributed by atoms with E-state index >= 15 is 0 Å². The van der Waals surface area contributed by atoms with Crippen LogP contribution in [0.4, 0.5) is 0 Å². The number of hydrogen-bond donors (Lipinski definition) is 1. The van der Waals surface area contributed by atoms with E-state index < -0.39 is 0 Å². The molecule has 1 aliphatic heterocycles. The third-order valence-electron chi connectivity index (χ3n) is 4.34. The first kappa shape index (κ1) is 16.0. The number of benzene rings is 1. The van der Waals surface area contributed by atoms with Gasteiger partial charge in [-0.2, -0.15) is 0 Å². The van der Waals surface area contributed by atoms with E-state index in [1.165, 1.54) is 11.1 Å². The highest BCUT2D eigenvalue weighted by molar-refractivity contribution is 5.94. The minimum Gasteiger partial charge on any atom is -0.336 e. The molecule has 1 heterocycles. The van der Waals surface area contributed by atoms with Crippen LogP contribution >= 0.6 is 0 Å². The van der Waals surface area contributed by atoms with Gasteiger partial charge >= 0.3 is 0 Å². The summed E-state index contributed by atoms with van der Waals surface area (Å²) in [5, 5.41) is 0. The van der Waals surface area contributed by atoms with Crippen molar-refractivity contribution < 1.29 is 4.79 Å². The summed E-state index contributed by atoms with van der Waals surface area (Å²) in [6, 6.07) is 5.98. The maximum Gasteiger partial charge on any atom is 0.253 e. The lowest BCUT2D eigenvalue weighted by atomic mass is 10.1. The number of carbonyl (C=O) groups excluding carboxylic acids is 1. The molecular weight excluding hydrogens is 262 g/mol. The van der Waals surface area contributed by atoms with Crippen molar-refractivity contribution in [3.05, 3.63) is 34.9 Å². The van der Waals surface area contributed by atoms with Gasteiger partial charge in [-0.15, -0.1) is 0 Å². The fourth-order valence-electron chi connectivity index (χ4n) is 2.71. The Kier molecular flexibility index (Phi) is 5.76. The quantitative estimate of drug-likeness (QED) is 0.841. The third kappa shape index (κ3) is 4.29. The molecule has 0 bridgehead atoms. The summed E-state index contributed by atoms with van der Waals surface area (Å²) >= 11 is 0. The first-order valence-corrected chi connectivity index (χ1v) is 7.91. The highest BCUT2D eigenvalue weighted by Crippen LogP contribution is 2.13. The molecule has 1 aromatic rings. The Balaban J connectivity index is 1.86. The highest BCUT2D eigenvalue weighted by atomic mass is 16.2. The molecule has 0 spiro atoms. The summed E-state index contributed by atoms with van der Waals surface area (Å²) in [5.41, 5.74) is 8.75. The maximum absolute atomic E-state index is 12.5. The molecule has 2 N–H and O–H groups in total. The molecule has 116 valence electrons. The second-order valence-corrected chi connectivity index (χ2v) is 5.93. The van der Waals surface area contributed by atoms with Crippen molar-refractivity contribution in [2.24, 2.45) is 5.73 Å². The second kappa shape index (κ2) is 7.57. The Morgan fingerprint density at radius 1 is 1.10 bits per heavy atom. The van der Waals surface area contributed by atoms with E-state index in [-0.39, 0.29) is 5.91 Å². The Morgan fingerprint density at radius 3 is 2.43 bits per heavy atom. The third-order valence-corrected chi connectivity index (χ3v) is 4.34. The molecule has 1 aromatic carbocycles. The fourth-order valence-corrected chi connectivity index (χ4v) is 2.71. The van der Waals surface area contributed by atoms with Crippen molar-refractivity contribution in [1.82, 2.24) is 9.80 Å². The lowest BCUT2D eigenvalue weighted by Crippen LogP contribution is -2.48. The van der Waals surface area contributed by atoms with Crippen LogP contribution in [0.1, 0.15) is 34.3 Å². The van der Waals surface area contributed by atoms with Crippen LogP contribution in [0.25, 0.3) is 0 Å². The van der Waals surface area contributed by atoms with Gasteiger partial charge in [0.1, 0.15) is 0 Å². The van der Waals surface area contributed by atoms with Gasteiger partial charge in [-0.3, -0.25) is 9.69 Å². The zero-order chi connectivity index (χ0) is 15.2. The summed E-state index contributed by atoms with van der Waals surface area (Å²) in [5.74, 6) is 0.166. The number of unbranched alkanes of at least 4 members (excludes halogenated alkanes) is 1. The Labute approximate surface area is 127 Å². The first-order chi connectivity index (χ1) is 10.1. The fraction of sp³-hybridized carbons (Fsp3) is 0.588. The molecule has 0 unspecified atom stereocenters. The van der Waals surface area contributed by atoms with E-state index in [1.54, 1.807) is 0 Å². The topological polar surface area (TPSA) is 49.6 Å². The summed E-state index contributed by atoms with van der Waals surface area (Å²) in [6.45, 7) is 9.60. The number of hydrogen-bond acceptors (Lipinski definition) is 3. The Hall–Kier alpha value is -1.39. The normalized spacial score (nSPS) is 16.2. The molecule has 21 heavy (non-hydrogen) atoms. The molecule has 0 radical (unpaired) electrons. The number of nitrogens with two attached hydrogens (primary N) is 1. The SMILES string of the molecule is Cc1ccc(C(=O)N2CCN(CCCCN)CC2)cc1C. The van der Waals surface area contributed by atoms with Crippen LogP contribution in [0.2, 0.25) is 0 Å². The summed E-state index contributed by atoms with van der Waals surface area (Å²) < 4.78 is 0. The number of carbonyl (C=O) groups is 1. The van der Waals surface area contributed by atoms with Gasteiger partial charge in [0.2, 0.25) is 0 Å². The highest BCUT2D eigenvalue weighted by Gasteiger charge is 2.21. The number of nitrogens with zero attached hydrogens (tertiary/aromatic N) is 2. The zero-order valence-corrected chi connectivity index (χ0v) is 13.3. The van der Waals surface area contributed by atoms with Gasteiger partial charge in [0.25, 0.3) is 5.91 Å². The lowest BCUT2D eigenvalue weighted by Gasteiger charge is -2.34. The largest absolute Gasteiger partial charge is 0.336 e. The first-order valence-electron chi connectivity index (χ1n) is 7.91. The maximum atomic E-state index is 12.5. The lowest BCUT2D eigenvalue weighted by molar-refractivity contribution is 0.0635. The minimum absolute atomic E-state index is 0.166.